The third-order valence-electron chi connectivity index (χ3n) is 3.50. The molecular weight excluding hydrogens is 284 g/mol. The highest BCUT2D eigenvalue weighted by atomic mass is 35.5. The number of nitrogens with two attached hydrogens (primary N) is 1. The molecule has 0 saturated heterocycles. The van der Waals surface area contributed by atoms with E-state index in [0.29, 0.717) is 16.6 Å². The van der Waals surface area contributed by atoms with Crippen LogP contribution in [0.15, 0.2) is 47.0 Å². The highest BCUT2D eigenvalue weighted by molar-refractivity contribution is 6.30. The van der Waals surface area contributed by atoms with Gasteiger partial charge in [-0.25, -0.2) is 0 Å². The molecule has 0 unspecified atom stereocenters. The van der Waals surface area contributed by atoms with Crippen molar-refractivity contribution in [2.45, 2.75) is 13.8 Å². The Balaban J connectivity index is 2.21. The van der Waals surface area contributed by atoms with Gasteiger partial charge in [-0.2, -0.15) is 0 Å². The van der Waals surface area contributed by atoms with Crippen LogP contribution in [0.2, 0.25) is 5.02 Å². The number of benzene rings is 2. The summed E-state index contributed by atoms with van der Waals surface area (Å²) in [6, 6.07) is 13.8. The molecule has 0 bridgehead atoms. The highest BCUT2D eigenvalue weighted by Crippen LogP contribution is 2.38. The van der Waals surface area contributed by atoms with Crippen molar-refractivity contribution in [2.75, 3.05) is 5.73 Å². The summed E-state index contributed by atoms with van der Waals surface area (Å²) in [5, 5.41) is 4.58. The first-order chi connectivity index (χ1) is 10.1. The van der Waals surface area contributed by atoms with E-state index in [2.05, 4.69) is 5.16 Å². The third-order valence-corrected chi connectivity index (χ3v) is 3.74. The molecule has 0 atom stereocenters. The minimum atomic E-state index is 0.383. The molecule has 0 spiro atoms. The Morgan fingerprint density at radius 3 is 2.48 bits per heavy atom. The average molecular weight is 299 g/mol. The van der Waals surface area contributed by atoms with Crippen molar-refractivity contribution >= 4 is 17.4 Å². The molecule has 2 aromatic carbocycles. The van der Waals surface area contributed by atoms with Crippen molar-refractivity contribution in [1.29, 1.82) is 0 Å². The van der Waals surface area contributed by atoms with Crippen LogP contribution in [-0.2, 0) is 0 Å². The molecule has 0 radical (unpaired) electrons. The lowest BCUT2D eigenvalue weighted by molar-refractivity contribution is 0.436. The van der Waals surface area contributed by atoms with E-state index in [1.807, 2.05) is 56.3 Å². The molecule has 0 fully saturated rings. The molecule has 0 aliphatic heterocycles. The number of aryl methyl sites for hydroxylation is 2. The zero-order valence-corrected chi connectivity index (χ0v) is 12.6. The van der Waals surface area contributed by atoms with Gasteiger partial charge in [-0.1, -0.05) is 52.7 Å². The predicted molar refractivity (Wildman–Crippen MR) is 86.3 cm³/mol. The van der Waals surface area contributed by atoms with E-state index in [1.54, 1.807) is 0 Å². The zero-order chi connectivity index (χ0) is 15.0. The monoisotopic (exact) mass is 298 g/mol. The Morgan fingerprint density at radius 1 is 1.05 bits per heavy atom. The summed E-state index contributed by atoms with van der Waals surface area (Å²) in [5.41, 5.74) is 10.9. The molecule has 3 nitrogen and oxygen atoms in total. The maximum Gasteiger partial charge on any atom is 0.177 e. The minimum absolute atomic E-state index is 0.383. The van der Waals surface area contributed by atoms with E-state index < -0.39 is 0 Å². The normalized spacial score (nSPS) is 10.8. The highest BCUT2D eigenvalue weighted by Gasteiger charge is 2.19. The van der Waals surface area contributed by atoms with Crippen molar-refractivity contribution in [1.82, 2.24) is 5.16 Å². The summed E-state index contributed by atoms with van der Waals surface area (Å²) in [4.78, 5) is 0. The van der Waals surface area contributed by atoms with Crippen LogP contribution in [0, 0.1) is 13.8 Å². The molecular formula is C17H15ClN2O. The molecule has 2 N–H and O–H groups in total. The van der Waals surface area contributed by atoms with Gasteiger partial charge in [0.2, 0.25) is 0 Å². The number of anilines is 1. The summed E-state index contributed by atoms with van der Waals surface area (Å²) in [5.74, 6) is 1.03. The topological polar surface area (TPSA) is 52.0 Å². The standard InChI is InChI=1S/C17H15ClN2O/c1-10-3-6-12(7-4-10)15-16(21-20-17(15)19)14-9-13(18)8-5-11(14)2/h3-9H,1-2H3,(H2,19,20). The molecule has 0 amide bonds. The Bertz CT molecular complexity index is 791. The second-order valence-electron chi connectivity index (χ2n) is 5.10. The molecule has 3 aromatic rings. The molecule has 0 saturated carbocycles. The van der Waals surface area contributed by atoms with Crippen LogP contribution in [0.5, 0.6) is 0 Å². The predicted octanol–water partition coefficient (Wildman–Crippen LogP) is 4.86. The number of hydrogen-bond donors (Lipinski definition) is 1. The Morgan fingerprint density at radius 2 is 1.76 bits per heavy atom. The van der Waals surface area contributed by atoms with E-state index in [9.17, 15) is 0 Å². The average Bonchev–Trinajstić information content (AvgIpc) is 2.84. The van der Waals surface area contributed by atoms with Gasteiger partial charge < -0.3 is 10.3 Å². The smallest absolute Gasteiger partial charge is 0.177 e. The Labute approximate surface area is 128 Å². The fourth-order valence-corrected chi connectivity index (χ4v) is 2.50. The molecule has 0 aliphatic carbocycles. The van der Waals surface area contributed by atoms with Crippen molar-refractivity contribution < 1.29 is 4.52 Å². The Kier molecular flexibility index (Phi) is 3.43. The largest absolute Gasteiger partial charge is 0.380 e. The number of hydrogen-bond acceptors (Lipinski definition) is 3. The van der Waals surface area contributed by atoms with Crippen LogP contribution in [0.4, 0.5) is 5.82 Å². The number of rotatable bonds is 2. The molecule has 21 heavy (non-hydrogen) atoms. The summed E-state index contributed by atoms with van der Waals surface area (Å²) in [7, 11) is 0. The van der Waals surface area contributed by atoms with E-state index in [4.69, 9.17) is 21.9 Å². The fourth-order valence-electron chi connectivity index (χ4n) is 2.32. The second kappa shape index (κ2) is 5.26. The minimum Gasteiger partial charge on any atom is -0.380 e. The van der Waals surface area contributed by atoms with Crippen molar-refractivity contribution in [2.24, 2.45) is 0 Å². The molecule has 0 aliphatic rings. The van der Waals surface area contributed by atoms with Gasteiger partial charge in [0.25, 0.3) is 0 Å². The summed E-state index contributed by atoms with van der Waals surface area (Å²) >= 11 is 6.10. The van der Waals surface area contributed by atoms with E-state index >= 15 is 0 Å². The molecule has 1 aromatic heterocycles. The van der Waals surface area contributed by atoms with Gasteiger partial charge in [-0.3, -0.25) is 0 Å². The molecule has 4 heteroatoms. The Hall–Kier alpha value is -2.26. The van der Waals surface area contributed by atoms with Gasteiger partial charge in [0, 0.05) is 10.6 Å². The van der Waals surface area contributed by atoms with Crippen LogP contribution in [0.3, 0.4) is 0 Å². The van der Waals surface area contributed by atoms with Gasteiger partial charge >= 0.3 is 0 Å². The van der Waals surface area contributed by atoms with Gasteiger partial charge in [-0.15, -0.1) is 0 Å². The van der Waals surface area contributed by atoms with Crippen LogP contribution in [-0.4, -0.2) is 5.16 Å². The first kappa shape index (κ1) is 13.7. The lowest BCUT2D eigenvalue weighted by Crippen LogP contribution is -1.90. The SMILES string of the molecule is Cc1ccc(-c2c(N)noc2-c2cc(Cl)ccc2C)cc1. The lowest BCUT2D eigenvalue weighted by Gasteiger charge is -2.06. The van der Waals surface area contributed by atoms with E-state index in [1.165, 1.54) is 5.56 Å². The maximum absolute atomic E-state index is 6.10. The number of aromatic nitrogens is 1. The van der Waals surface area contributed by atoms with Crippen LogP contribution in [0.1, 0.15) is 11.1 Å². The first-order valence-electron chi connectivity index (χ1n) is 6.65. The molecule has 106 valence electrons. The number of nitrogens with zero attached hydrogens (tertiary/aromatic N) is 1. The van der Waals surface area contributed by atoms with Gasteiger partial charge in [0.1, 0.15) is 0 Å². The second-order valence-corrected chi connectivity index (χ2v) is 5.53. The summed E-state index contributed by atoms with van der Waals surface area (Å²) in [6.07, 6.45) is 0. The van der Waals surface area contributed by atoms with Gasteiger partial charge in [0.05, 0.1) is 5.56 Å². The first-order valence-corrected chi connectivity index (χ1v) is 7.03. The van der Waals surface area contributed by atoms with Crippen LogP contribution in [0.25, 0.3) is 22.5 Å². The maximum atomic E-state index is 6.10. The third kappa shape index (κ3) is 2.52. The summed E-state index contributed by atoms with van der Waals surface area (Å²) in [6.45, 7) is 4.05. The van der Waals surface area contributed by atoms with Crippen molar-refractivity contribution in [3.63, 3.8) is 0 Å². The van der Waals surface area contributed by atoms with Gasteiger partial charge in [-0.05, 0) is 37.1 Å². The van der Waals surface area contributed by atoms with Crippen molar-refractivity contribution in [3.8, 4) is 22.5 Å². The number of halogens is 1. The quantitative estimate of drug-likeness (QED) is 0.735. The molecule has 1 heterocycles. The molecule has 3 rings (SSSR count). The van der Waals surface area contributed by atoms with Crippen molar-refractivity contribution in [3.05, 3.63) is 58.6 Å². The van der Waals surface area contributed by atoms with E-state index in [0.717, 1.165) is 22.3 Å². The van der Waals surface area contributed by atoms with Crippen LogP contribution >= 0.6 is 11.6 Å². The zero-order valence-electron chi connectivity index (χ0n) is 11.9. The summed E-state index contributed by atoms with van der Waals surface area (Å²) < 4.78 is 5.47. The van der Waals surface area contributed by atoms with E-state index in [-0.39, 0.29) is 0 Å². The van der Waals surface area contributed by atoms with Crippen LogP contribution < -0.4 is 5.73 Å². The lowest BCUT2D eigenvalue weighted by atomic mass is 9.98. The fraction of sp³-hybridized carbons (Fsp3) is 0.118. The number of nitrogen functional groups attached to an aromatic ring is 1. The van der Waals surface area contributed by atoms with Gasteiger partial charge in [0.15, 0.2) is 11.6 Å².